The number of imidazole rings is 1. The summed E-state index contributed by atoms with van der Waals surface area (Å²) in [6.45, 7) is 0.612. The fourth-order valence-electron chi connectivity index (χ4n) is 3.15. The second-order valence-corrected chi connectivity index (χ2v) is 6.94. The van der Waals surface area contributed by atoms with Crippen LogP contribution < -0.4 is 0 Å². The number of nitrogens with zero attached hydrogens (tertiary/aromatic N) is 3. The van der Waals surface area contributed by atoms with E-state index in [1.54, 1.807) is 34.4 Å². The summed E-state index contributed by atoms with van der Waals surface area (Å²) < 4.78 is 41.0. The molecule has 0 radical (unpaired) electrons. The van der Waals surface area contributed by atoms with Crippen molar-refractivity contribution < 1.29 is 18.0 Å². The van der Waals surface area contributed by atoms with Crippen LogP contribution in [0.3, 0.4) is 0 Å². The third kappa shape index (κ3) is 2.90. The van der Waals surface area contributed by atoms with Crippen LogP contribution in [0, 0.1) is 0 Å². The smallest absolute Gasteiger partial charge is 0.336 e. The highest BCUT2D eigenvalue weighted by Gasteiger charge is 2.38. The predicted molar refractivity (Wildman–Crippen MR) is 88.2 cm³/mol. The van der Waals surface area contributed by atoms with E-state index in [0.717, 1.165) is 16.6 Å². The van der Waals surface area contributed by atoms with Crippen LogP contribution in [0.5, 0.6) is 0 Å². The van der Waals surface area contributed by atoms with E-state index in [1.165, 1.54) is 10.9 Å². The van der Waals surface area contributed by atoms with Crippen molar-refractivity contribution in [1.29, 1.82) is 0 Å². The van der Waals surface area contributed by atoms with Gasteiger partial charge in [-0.3, -0.25) is 4.79 Å². The number of benzene rings is 1. The highest BCUT2D eigenvalue weighted by Crippen LogP contribution is 2.32. The van der Waals surface area contributed by atoms with Gasteiger partial charge in [0.1, 0.15) is 6.54 Å². The highest BCUT2D eigenvalue weighted by atomic mass is 32.1. The van der Waals surface area contributed by atoms with Gasteiger partial charge >= 0.3 is 6.18 Å². The molecule has 0 fully saturated rings. The first kappa shape index (κ1) is 16.1. The van der Waals surface area contributed by atoms with Crippen LogP contribution >= 0.6 is 11.3 Å². The van der Waals surface area contributed by atoms with Gasteiger partial charge < -0.3 is 9.47 Å². The topological polar surface area (TPSA) is 38.1 Å². The van der Waals surface area contributed by atoms with Crippen molar-refractivity contribution in [2.45, 2.75) is 25.7 Å². The van der Waals surface area contributed by atoms with Crippen molar-refractivity contribution in [3.63, 3.8) is 0 Å². The number of carbonyl (C=O) groups excluding carboxylic acids is 1. The molecule has 0 aliphatic carbocycles. The number of carbonyl (C=O) groups is 1. The molecule has 0 spiro atoms. The number of amides is 1. The third-order valence-electron chi connectivity index (χ3n) is 4.36. The zero-order chi connectivity index (χ0) is 17.6. The minimum Gasteiger partial charge on any atom is -0.336 e. The Morgan fingerprint density at radius 2 is 2.04 bits per heavy atom. The molecule has 1 aliphatic rings. The van der Waals surface area contributed by atoms with E-state index in [-0.39, 0.29) is 18.0 Å². The van der Waals surface area contributed by atoms with E-state index in [9.17, 15) is 18.0 Å². The van der Waals surface area contributed by atoms with Crippen LogP contribution in [0.15, 0.2) is 35.7 Å². The molecule has 0 saturated carbocycles. The van der Waals surface area contributed by atoms with Gasteiger partial charge in [0, 0.05) is 18.0 Å². The molecule has 0 unspecified atom stereocenters. The Hall–Kier alpha value is -2.35. The Bertz CT molecular complexity index is 944. The Morgan fingerprint density at radius 3 is 2.84 bits per heavy atom. The molecule has 130 valence electrons. The third-order valence-corrected chi connectivity index (χ3v) is 5.38. The quantitative estimate of drug-likeness (QED) is 0.695. The fraction of sp³-hybridized carbons (Fsp3) is 0.294. The summed E-state index contributed by atoms with van der Waals surface area (Å²) in [6, 6.07) is 8.31. The lowest BCUT2D eigenvalue weighted by Gasteiger charge is -2.27. The van der Waals surface area contributed by atoms with E-state index in [2.05, 4.69) is 4.98 Å². The van der Waals surface area contributed by atoms with Crippen LogP contribution in [0.25, 0.3) is 11.0 Å². The number of alkyl halides is 3. The van der Waals surface area contributed by atoms with Gasteiger partial charge in [-0.15, -0.1) is 11.3 Å². The molecule has 0 bridgehead atoms. The van der Waals surface area contributed by atoms with E-state index in [0.29, 0.717) is 18.6 Å². The lowest BCUT2D eigenvalue weighted by atomic mass is 10.1. The number of halogens is 3. The Kier molecular flexibility index (Phi) is 3.79. The lowest BCUT2D eigenvalue weighted by molar-refractivity contribution is -0.148. The summed E-state index contributed by atoms with van der Waals surface area (Å²) in [6.07, 6.45) is -3.86. The zero-order valence-corrected chi connectivity index (χ0v) is 13.9. The largest absolute Gasteiger partial charge is 0.449 e. The first-order chi connectivity index (χ1) is 11.9. The van der Waals surface area contributed by atoms with Gasteiger partial charge in [-0.2, -0.15) is 13.2 Å². The molecule has 1 aliphatic heterocycles. The number of hydrogen-bond donors (Lipinski definition) is 0. The van der Waals surface area contributed by atoms with Crippen molar-refractivity contribution in [3.05, 3.63) is 52.0 Å². The molecule has 8 heteroatoms. The zero-order valence-electron chi connectivity index (χ0n) is 13.1. The molecule has 1 amide bonds. The summed E-state index contributed by atoms with van der Waals surface area (Å²) in [5.41, 5.74) is 1.63. The number of hydrogen-bond acceptors (Lipinski definition) is 3. The average Bonchev–Trinajstić information content (AvgIpc) is 3.18. The second-order valence-electron chi connectivity index (χ2n) is 5.94. The van der Waals surface area contributed by atoms with Crippen LogP contribution in [0.4, 0.5) is 13.2 Å². The monoisotopic (exact) mass is 365 g/mol. The van der Waals surface area contributed by atoms with E-state index < -0.39 is 12.0 Å². The summed E-state index contributed by atoms with van der Waals surface area (Å²) in [7, 11) is 0. The Labute approximate surface area is 145 Å². The van der Waals surface area contributed by atoms with Crippen LogP contribution in [0.1, 0.15) is 16.3 Å². The molecule has 4 rings (SSSR count). The van der Waals surface area contributed by atoms with Crippen LogP contribution in [-0.4, -0.2) is 26.9 Å². The fourth-order valence-corrected chi connectivity index (χ4v) is 4.04. The minimum atomic E-state index is -4.61. The van der Waals surface area contributed by atoms with Gasteiger partial charge in [0.2, 0.25) is 11.7 Å². The number of thiophene rings is 1. The molecular formula is C17H14F3N3OS. The molecule has 3 heterocycles. The first-order valence-electron chi connectivity index (χ1n) is 7.79. The van der Waals surface area contributed by atoms with Crippen molar-refractivity contribution in [3.8, 4) is 0 Å². The summed E-state index contributed by atoms with van der Waals surface area (Å²) >= 11 is 1.65. The average molecular weight is 365 g/mol. The minimum absolute atomic E-state index is 0.237. The van der Waals surface area contributed by atoms with Crippen molar-refractivity contribution in [2.75, 3.05) is 6.54 Å². The number of aromatic nitrogens is 2. The second kappa shape index (κ2) is 5.87. The van der Waals surface area contributed by atoms with Gasteiger partial charge in [-0.25, -0.2) is 4.98 Å². The van der Waals surface area contributed by atoms with Gasteiger partial charge in [-0.05, 0) is 35.6 Å². The van der Waals surface area contributed by atoms with Crippen molar-refractivity contribution in [1.82, 2.24) is 14.5 Å². The maximum atomic E-state index is 13.3. The maximum Gasteiger partial charge on any atom is 0.449 e. The number of rotatable bonds is 2. The number of fused-ring (bicyclic) bond motifs is 2. The van der Waals surface area contributed by atoms with Crippen molar-refractivity contribution >= 4 is 28.3 Å². The Morgan fingerprint density at radius 1 is 1.24 bits per heavy atom. The van der Waals surface area contributed by atoms with Gasteiger partial charge in [-0.1, -0.05) is 12.1 Å². The standard InChI is InChI=1S/C17H14F3N3OS/c18-17(19,20)16-21-12-3-1-2-4-13(12)23(16)10-15(24)22-7-5-14-11(9-22)6-8-25-14/h1-4,6,8H,5,7,9-10H2. The molecule has 2 aromatic heterocycles. The maximum absolute atomic E-state index is 13.3. The first-order valence-corrected chi connectivity index (χ1v) is 8.67. The molecule has 0 saturated heterocycles. The van der Waals surface area contributed by atoms with Crippen LogP contribution in [0.2, 0.25) is 0 Å². The summed E-state index contributed by atoms with van der Waals surface area (Å²) in [5.74, 6) is -1.36. The molecule has 25 heavy (non-hydrogen) atoms. The lowest BCUT2D eigenvalue weighted by Crippen LogP contribution is -2.38. The normalized spacial score (nSPS) is 14.8. The number of para-hydroxylation sites is 2. The SMILES string of the molecule is O=C(Cn1c(C(F)(F)F)nc2ccccc21)N1CCc2sccc2C1. The van der Waals surface area contributed by atoms with E-state index in [1.807, 2.05) is 11.4 Å². The molecular weight excluding hydrogens is 351 g/mol. The van der Waals surface area contributed by atoms with E-state index in [4.69, 9.17) is 0 Å². The predicted octanol–water partition coefficient (Wildman–Crippen LogP) is 3.70. The molecule has 0 N–H and O–H groups in total. The summed E-state index contributed by atoms with van der Waals surface area (Å²) in [4.78, 5) is 19.2. The van der Waals surface area contributed by atoms with Gasteiger partial charge in [0.15, 0.2) is 0 Å². The summed E-state index contributed by atoms with van der Waals surface area (Å²) in [5, 5.41) is 1.98. The molecule has 4 nitrogen and oxygen atoms in total. The molecule has 0 atom stereocenters. The molecule has 3 aromatic rings. The Balaban J connectivity index is 1.65. The van der Waals surface area contributed by atoms with Crippen molar-refractivity contribution in [2.24, 2.45) is 0 Å². The van der Waals surface area contributed by atoms with E-state index >= 15 is 0 Å². The van der Waals surface area contributed by atoms with Gasteiger partial charge in [0.05, 0.1) is 11.0 Å². The van der Waals surface area contributed by atoms with Crippen LogP contribution in [-0.2, 0) is 30.5 Å². The van der Waals surface area contributed by atoms with Gasteiger partial charge in [0.25, 0.3) is 0 Å². The molecule has 1 aromatic carbocycles. The highest BCUT2D eigenvalue weighted by molar-refractivity contribution is 7.10.